The van der Waals surface area contributed by atoms with Crippen LogP contribution >= 0.6 is 0 Å². The van der Waals surface area contributed by atoms with Crippen LogP contribution in [0.1, 0.15) is 35.6 Å². The van der Waals surface area contributed by atoms with Gasteiger partial charge in [-0.25, -0.2) is 9.97 Å². The van der Waals surface area contributed by atoms with Gasteiger partial charge in [0, 0.05) is 12.4 Å². The molecule has 0 radical (unpaired) electrons. The van der Waals surface area contributed by atoms with Gasteiger partial charge in [-0.15, -0.1) is 0 Å². The molecule has 0 bridgehead atoms. The first-order valence-electron chi connectivity index (χ1n) is 6.46. The van der Waals surface area contributed by atoms with Gasteiger partial charge in [0.2, 0.25) is 5.95 Å². The zero-order valence-electron chi connectivity index (χ0n) is 10.6. The monoisotopic (exact) mass is 239 g/mol. The van der Waals surface area contributed by atoms with Crippen LogP contribution < -0.4 is 5.32 Å². The van der Waals surface area contributed by atoms with Gasteiger partial charge in [0.15, 0.2) is 0 Å². The summed E-state index contributed by atoms with van der Waals surface area (Å²) in [6.07, 6.45) is 7.26. The molecule has 3 rings (SSSR count). The van der Waals surface area contributed by atoms with Crippen molar-refractivity contribution in [2.24, 2.45) is 0 Å². The van der Waals surface area contributed by atoms with E-state index in [-0.39, 0.29) is 0 Å². The van der Waals surface area contributed by atoms with Crippen molar-refractivity contribution in [3.63, 3.8) is 0 Å². The van der Waals surface area contributed by atoms with Crippen LogP contribution in [-0.4, -0.2) is 9.97 Å². The molecule has 3 nitrogen and oxygen atoms in total. The molecule has 1 N–H and O–H groups in total. The molecule has 1 aromatic heterocycles. The third-order valence-electron chi connectivity index (χ3n) is 3.45. The molecule has 1 unspecified atom stereocenters. The minimum absolute atomic E-state index is 0.345. The van der Waals surface area contributed by atoms with E-state index < -0.39 is 0 Å². The normalized spacial score (nSPS) is 18.2. The average molecular weight is 239 g/mol. The van der Waals surface area contributed by atoms with Gasteiger partial charge >= 0.3 is 0 Å². The number of hydrogen-bond acceptors (Lipinski definition) is 3. The highest BCUT2D eigenvalue weighted by molar-refractivity contribution is 5.38. The van der Waals surface area contributed by atoms with Gasteiger partial charge in [-0.2, -0.15) is 0 Å². The molecule has 0 spiro atoms. The largest absolute Gasteiger partial charge is 0.347 e. The number of anilines is 1. The summed E-state index contributed by atoms with van der Waals surface area (Å²) in [5, 5.41) is 3.44. The van der Waals surface area contributed by atoms with Gasteiger partial charge in [0.25, 0.3) is 0 Å². The Morgan fingerprint density at radius 3 is 2.78 bits per heavy atom. The summed E-state index contributed by atoms with van der Waals surface area (Å²) in [5.41, 5.74) is 3.94. The van der Waals surface area contributed by atoms with Crippen molar-refractivity contribution in [3.8, 4) is 0 Å². The van der Waals surface area contributed by atoms with Gasteiger partial charge < -0.3 is 5.32 Å². The Kier molecular flexibility index (Phi) is 2.97. The molecule has 1 heterocycles. The first-order valence-corrected chi connectivity index (χ1v) is 6.46. The molecule has 0 fully saturated rings. The van der Waals surface area contributed by atoms with E-state index in [0.29, 0.717) is 6.04 Å². The van der Waals surface area contributed by atoms with E-state index in [1.165, 1.54) is 24.0 Å². The van der Waals surface area contributed by atoms with Gasteiger partial charge in [-0.3, -0.25) is 0 Å². The summed E-state index contributed by atoms with van der Waals surface area (Å²) < 4.78 is 0. The zero-order valence-corrected chi connectivity index (χ0v) is 10.6. The number of rotatable bonds is 2. The average Bonchev–Trinajstić information content (AvgIpc) is 2.42. The molecule has 0 saturated heterocycles. The Labute approximate surface area is 107 Å². The Morgan fingerprint density at radius 1 is 1.17 bits per heavy atom. The van der Waals surface area contributed by atoms with Gasteiger partial charge in [0.05, 0.1) is 6.04 Å². The lowest BCUT2D eigenvalue weighted by atomic mass is 9.88. The number of hydrogen-bond donors (Lipinski definition) is 1. The molecule has 0 amide bonds. The summed E-state index contributed by atoms with van der Waals surface area (Å²) in [5.74, 6) is 0.724. The Morgan fingerprint density at radius 2 is 1.94 bits per heavy atom. The van der Waals surface area contributed by atoms with Crippen molar-refractivity contribution < 1.29 is 0 Å². The fourth-order valence-corrected chi connectivity index (χ4v) is 2.53. The molecule has 3 heteroatoms. The maximum Gasteiger partial charge on any atom is 0.223 e. The lowest BCUT2D eigenvalue weighted by molar-refractivity contribution is 0.596. The highest BCUT2D eigenvalue weighted by Gasteiger charge is 2.19. The minimum Gasteiger partial charge on any atom is -0.347 e. The predicted molar refractivity (Wildman–Crippen MR) is 72.5 cm³/mol. The SMILES string of the molecule is Cc1cnc(NC2CCCc3ccccc32)nc1. The first-order chi connectivity index (χ1) is 8.83. The number of aromatic nitrogens is 2. The number of benzene rings is 1. The van der Waals surface area contributed by atoms with Crippen molar-refractivity contribution in [2.75, 3.05) is 5.32 Å². The molecule has 18 heavy (non-hydrogen) atoms. The summed E-state index contributed by atoms with van der Waals surface area (Å²) >= 11 is 0. The van der Waals surface area contributed by atoms with E-state index in [0.717, 1.165) is 17.9 Å². The third kappa shape index (κ3) is 2.21. The van der Waals surface area contributed by atoms with Gasteiger partial charge in [-0.05, 0) is 42.9 Å². The Bertz CT molecular complexity index is 534. The van der Waals surface area contributed by atoms with Crippen LogP contribution in [0.5, 0.6) is 0 Å². The fraction of sp³-hybridized carbons (Fsp3) is 0.333. The van der Waals surface area contributed by atoms with Crippen LogP contribution in [0.25, 0.3) is 0 Å². The number of nitrogens with zero attached hydrogens (tertiary/aromatic N) is 2. The van der Waals surface area contributed by atoms with Crippen molar-refractivity contribution in [3.05, 3.63) is 53.3 Å². The van der Waals surface area contributed by atoms with E-state index in [4.69, 9.17) is 0 Å². The fourth-order valence-electron chi connectivity index (χ4n) is 2.53. The molecule has 1 aromatic carbocycles. The smallest absolute Gasteiger partial charge is 0.223 e. The van der Waals surface area contributed by atoms with E-state index in [2.05, 4.69) is 39.6 Å². The van der Waals surface area contributed by atoms with E-state index in [1.54, 1.807) is 0 Å². The second kappa shape index (κ2) is 4.77. The molecule has 92 valence electrons. The van der Waals surface area contributed by atoms with E-state index in [9.17, 15) is 0 Å². The zero-order chi connectivity index (χ0) is 12.4. The molecule has 2 aromatic rings. The third-order valence-corrected chi connectivity index (χ3v) is 3.45. The number of aryl methyl sites for hydroxylation is 2. The van der Waals surface area contributed by atoms with Crippen LogP contribution in [0.3, 0.4) is 0 Å². The lowest BCUT2D eigenvalue weighted by Gasteiger charge is -2.26. The first kappa shape index (κ1) is 11.2. The van der Waals surface area contributed by atoms with Crippen LogP contribution in [0.4, 0.5) is 5.95 Å². The molecular formula is C15H17N3. The van der Waals surface area contributed by atoms with Crippen molar-refractivity contribution in [1.82, 2.24) is 9.97 Å². The maximum absolute atomic E-state index is 4.32. The minimum atomic E-state index is 0.345. The topological polar surface area (TPSA) is 37.8 Å². The van der Waals surface area contributed by atoms with Gasteiger partial charge in [-0.1, -0.05) is 24.3 Å². The van der Waals surface area contributed by atoms with Crippen LogP contribution in [0.2, 0.25) is 0 Å². The van der Waals surface area contributed by atoms with Crippen LogP contribution in [-0.2, 0) is 6.42 Å². The molecule has 1 aliphatic carbocycles. The quantitative estimate of drug-likeness (QED) is 0.874. The number of nitrogens with one attached hydrogen (secondary N) is 1. The van der Waals surface area contributed by atoms with E-state index in [1.807, 2.05) is 19.3 Å². The summed E-state index contributed by atoms with van der Waals surface area (Å²) in [6, 6.07) is 9.00. The van der Waals surface area contributed by atoms with Crippen LogP contribution in [0.15, 0.2) is 36.7 Å². The second-order valence-corrected chi connectivity index (χ2v) is 4.87. The lowest BCUT2D eigenvalue weighted by Crippen LogP contribution is -2.18. The molecule has 0 saturated carbocycles. The van der Waals surface area contributed by atoms with E-state index >= 15 is 0 Å². The van der Waals surface area contributed by atoms with Crippen molar-refractivity contribution in [2.45, 2.75) is 32.2 Å². The summed E-state index contributed by atoms with van der Waals surface area (Å²) in [6.45, 7) is 2.00. The summed E-state index contributed by atoms with van der Waals surface area (Å²) in [4.78, 5) is 8.65. The van der Waals surface area contributed by atoms with Crippen molar-refractivity contribution in [1.29, 1.82) is 0 Å². The number of fused-ring (bicyclic) bond motifs is 1. The highest BCUT2D eigenvalue weighted by Crippen LogP contribution is 2.31. The summed E-state index contributed by atoms with van der Waals surface area (Å²) in [7, 11) is 0. The molecular weight excluding hydrogens is 222 g/mol. The Balaban J connectivity index is 1.84. The molecule has 0 aliphatic heterocycles. The van der Waals surface area contributed by atoms with Crippen molar-refractivity contribution >= 4 is 5.95 Å². The standard InChI is InChI=1S/C15H17N3/c1-11-9-16-15(17-10-11)18-14-8-4-6-12-5-2-3-7-13(12)14/h2-3,5,7,9-10,14H,4,6,8H2,1H3,(H,16,17,18). The van der Waals surface area contributed by atoms with Gasteiger partial charge in [0.1, 0.15) is 0 Å². The second-order valence-electron chi connectivity index (χ2n) is 4.87. The Hall–Kier alpha value is -1.90. The molecule has 1 atom stereocenters. The maximum atomic E-state index is 4.32. The van der Waals surface area contributed by atoms with Crippen LogP contribution in [0, 0.1) is 6.92 Å². The highest BCUT2D eigenvalue weighted by atomic mass is 15.1. The molecule has 1 aliphatic rings. The predicted octanol–water partition coefficient (Wildman–Crippen LogP) is 3.27.